The Balaban J connectivity index is 0.00000261. The third kappa shape index (κ3) is 5.06. The van der Waals surface area contributed by atoms with Crippen molar-refractivity contribution >= 4 is 18.3 Å². The SMILES string of the molecule is CCc1noc(-c2ccc(CCNC(=O)C3(CN)CCOCC3)cc2)n1.Cl. The number of nitrogens with one attached hydrogen (secondary N) is 1. The number of hydrogen-bond donors (Lipinski definition) is 2. The summed E-state index contributed by atoms with van der Waals surface area (Å²) in [5.74, 6) is 1.28. The van der Waals surface area contributed by atoms with E-state index in [1.165, 1.54) is 0 Å². The van der Waals surface area contributed by atoms with E-state index in [2.05, 4.69) is 15.5 Å². The number of halogens is 1. The van der Waals surface area contributed by atoms with E-state index in [1.54, 1.807) is 0 Å². The zero-order valence-corrected chi connectivity index (χ0v) is 16.4. The first-order valence-electron chi connectivity index (χ1n) is 9.15. The van der Waals surface area contributed by atoms with Gasteiger partial charge in [-0.05, 0) is 37.0 Å². The van der Waals surface area contributed by atoms with Gasteiger partial charge in [-0.3, -0.25) is 4.79 Å². The molecule has 0 unspecified atom stereocenters. The Morgan fingerprint density at radius 2 is 1.96 bits per heavy atom. The van der Waals surface area contributed by atoms with Gasteiger partial charge in [0, 0.05) is 38.3 Å². The predicted octanol–water partition coefficient (Wildman–Crippen LogP) is 2.14. The molecule has 1 amide bonds. The van der Waals surface area contributed by atoms with Gasteiger partial charge in [0.25, 0.3) is 5.89 Å². The first-order valence-corrected chi connectivity index (χ1v) is 9.15. The Kier molecular flexibility index (Phi) is 7.77. The number of carbonyl (C=O) groups is 1. The fourth-order valence-corrected chi connectivity index (χ4v) is 3.12. The van der Waals surface area contributed by atoms with Crippen molar-refractivity contribution in [2.75, 3.05) is 26.3 Å². The number of ether oxygens (including phenoxy) is 1. The van der Waals surface area contributed by atoms with Gasteiger partial charge in [0.2, 0.25) is 5.91 Å². The minimum absolute atomic E-state index is 0. The first-order chi connectivity index (χ1) is 12.7. The van der Waals surface area contributed by atoms with Gasteiger partial charge in [0.05, 0.1) is 5.41 Å². The number of benzene rings is 1. The fourth-order valence-electron chi connectivity index (χ4n) is 3.12. The number of aromatic nitrogens is 2. The van der Waals surface area contributed by atoms with Gasteiger partial charge in [0.1, 0.15) is 0 Å². The van der Waals surface area contributed by atoms with Crippen LogP contribution in [0.4, 0.5) is 0 Å². The van der Waals surface area contributed by atoms with Crippen LogP contribution in [0, 0.1) is 5.41 Å². The topological polar surface area (TPSA) is 103 Å². The van der Waals surface area contributed by atoms with Gasteiger partial charge in [-0.15, -0.1) is 12.4 Å². The summed E-state index contributed by atoms with van der Waals surface area (Å²) >= 11 is 0. The molecule has 1 aliphatic heterocycles. The minimum atomic E-state index is -0.475. The van der Waals surface area contributed by atoms with Crippen molar-refractivity contribution in [3.8, 4) is 11.5 Å². The maximum absolute atomic E-state index is 12.5. The van der Waals surface area contributed by atoms with E-state index in [9.17, 15) is 4.79 Å². The van der Waals surface area contributed by atoms with Crippen molar-refractivity contribution in [3.05, 3.63) is 35.7 Å². The zero-order valence-electron chi connectivity index (χ0n) is 15.6. The van der Waals surface area contributed by atoms with Crippen LogP contribution >= 0.6 is 12.4 Å². The average Bonchev–Trinajstić information content (AvgIpc) is 3.18. The van der Waals surface area contributed by atoms with Crippen molar-refractivity contribution in [1.29, 1.82) is 0 Å². The molecule has 0 saturated carbocycles. The van der Waals surface area contributed by atoms with E-state index in [4.69, 9.17) is 15.0 Å². The number of nitrogens with two attached hydrogens (primary N) is 1. The normalized spacial score (nSPS) is 15.8. The maximum atomic E-state index is 12.5. The lowest BCUT2D eigenvalue weighted by atomic mass is 9.79. The summed E-state index contributed by atoms with van der Waals surface area (Å²) < 4.78 is 10.6. The Hall–Kier alpha value is -1.96. The number of aryl methyl sites for hydroxylation is 1. The molecule has 0 aliphatic carbocycles. The Morgan fingerprint density at radius 3 is 2.56 bits per heavy atom. The predicted molar refractivity (Wildman–Crippen MR) is 105 cm³/mol. The van der Waals surface area contributed by atoms with Crippen LogP contribution < -0.4 is 11.1 Å². The highest BCUT2D eigenvalue weighted by molar-refractivity contribution is 5.85. The smallest absolute Gasteiger partial charge is 0.257 e. The summed E-state index contributed by atoms with van der Waals surface area (Å²) in [6, 6.07) is 7.96. The Morgan fingerprint density at radius 1 is 1.26 bits per heavy atom. The average molecular weight is 395 g/mol. The number of rotatable bonds is 7. The second-order valence-corrected chi connectivity index (χ2v) is 6.67. The van der Waals surface area contributed by atoms with Crippen molar-refractivity contribution in [3.63, 3.8) is 0 Å². The van der Waals surface area contributed by atoms with Gasteiger partial charge in [0.15, 0.2) is 5.82 Å². The summed E-state index contributed by atoms with van der Waals surface area (Å²) in [5, 5.41) is 6.94. The quantitative estimate of drug-likeness (QED) is 0.745. The zero-order chi connectivity index (χ0) is 18.4. The molecular formula is C19H27ClN4O3. The highest BCUT2D eigenvalue weighted by Gasteiger charge is 2.38. The van der Waals surface area contributed by atoms with E-state index in [1.807, 2.05) is 31.2 Å². The Labute approximate surface area is 165 Å². The summed E-state index contributed by atoms with van der Waals surface area (Å²) in [5.41, 5.74) is 7.43. The van der Waals surface area contributed by atoms with Crippen LogP contribution in [0.15, 0.2) is 28.8 Å². The molecule has 1 fully saturated rings. The second kappa shape index (κ2) is 9.82. The second-order valence-electron chi connectivity index (χ2n) is 6.67. The van der Waals surface area contributed by atoms with Gasteiger partial charge in [-0.25, -0.2) is 0 Å². The lowest BCUT2D eigenvalue weighted by molar-refractivity contribution is -0.135. The van der Waals surface area contributed by atoms with Crippen molar-refractivity contribution in [2.45, 2.75) is 32.6 Å². The van der Waals surface area contributed by atoms with Crippen LogP contribution in [0.3, 0.4) is 0 Å². The van der Waals surface area contributed by atoms with E-state index in [0.717, 1.165) is 24.0 Å². The van der Waals surface area contributed by atoms with Crippen LogP contribution in [0.2, 0.25) is 0 Å². The third-order valence-corrected chi connectivity index (χ3v) is 5.01. The van der Waals surface area contributed by atoms with E-state index >= 15 is 0 Å². The van der Waals surface area contributed by atoms with E-state index < -0.39 is 5.41 Å². The number of carbonyl (C=O) groups excluding carboxylic acids is 1. The standard InChI is InChI=1S/C19H26N4O3.ClH/c1-2-16-22-17(26-23-16)15-5-3-14(4-6-15)7-10-21-18(24)19(13-20)8-11-25-12-9-19;/h3-6H,2,7-13,20H2,1H3,(H,21,24);1H. The van der Waals surface area contributed by atoms with Gasteiger partial charge in [-0.2, -0.15) is 4.98 Å². The van der Waals surface area contributed by atoms with Crippen LogP contribution in [0.25, 0.3) is 11.5 Å². The molecular weight excluding hydrogens is 368 g/mol. The molecule has 7 nitrogen and oxygen atoms in total. The molecule has 0 spiro atoms. The van der Waals surface area contributed by atoms with Crippen molar-refractivity contribution in [1.82, 2.24) is 15.5 Å². The molecule has 3 N–H and O–H groups in total. The lowest BCUT2D eigenvalue weighted by Gasteiger charge is -2.34. The number of amides is 1. The number of hydrogen-bond acceptors (Lipinski definition) is 6. The molecule has 3 rings (SSSR count). The fraction of sp³-hybridized carbons (Fsp3) is 0.526. The lowest BCUT2D eigenvalue weighted by Crippen LogP contribution is -2.49. The summed E-state index contributed by atoms with van der Waals surface area (Å²) in [6.07, 6.45) is 2.88. The maximum Gasteiger partial charge on any atom is 0.257 e. The molecule has 1 aromatic carbocycles. The van der Waals surface area contributed by atoms with E-state index in [-0.39, 0.29) is 18.3 Å². The summed E-state index contributed by atoms with van der Waals surface area (Å²) in [7, 11) is 0. The van der Waals surface area contributed by atoms with Crippen LogP contribution in [-0.4, -0.2) is 42.4 Å². The van der Waals surface area contributed by atoms with Crippen LogP contribution in [0.5, 0.6) is 0 Å². The van der Waals surface area contributed by atoms with E-state index in [0.29, 0.717) is 50.9 Å². The molecule has 148 valence electrons. The molecule has 2 aromatic rings. The molecule has 1 saturated heterocycles. The van der Waals surface area contributed by atoms with Crippen LogP contribution in [-0.2, 0) is 22.4 Å². The van der Waals surface area contributed by atoms with Crippen molar-refractivity contribution in [2.24, 2.45) is 11.1 Å². The largest absolute Gasteiger partial charge is 0.381 e. The number of nitrogens with zero attached hydrogens (tertiary/aromatic N) is 2. The molecule has 8 heteroatoms. The highest BCUT2D eigenvalue weighted by atomic mass is 35.5. The molecule has 0 radical (unpaired) electrons. The molecule has 0 atom stereocenters. The molecule has 1 aromatic heterocycles. The van der Waals surface area contributed by atoms with Crippen molar-refractivity contribution < 1.29 is 14.1 Å². The monoisotopic (exact) mass is 394 g/mol. The summed E-state index contributed by atoms with van der Waals surface area (Å²) in [6.45, 7) is 4.13. The van der Waals surface area contributed by atoms with Gasteiger partial charge < -0.3 is 20.3 Å². The van der Waals surface area contributed by atoms with Gasteiger partial charge in [-0.1, -0.05) is 24.2 Å². The van der Waals surface area contributed by atoms with Crippen LogP contribution in [0.1, 0.15) is 31.2 Å². The van der Waals surface area contributed by atoms with Gasteiger partial charge >= 0.3 is 0 Å². The minimum Gasteiger partial charge on any atom is -0.381 e. The molecule has 1 aliphatic rings. The Bertz CT molecular complexity index is 727. The molecule has 0 bridgehead atoms. The third-order valence-electron chi connectivity index (χ3n) is 5.01. The molecule has 2 heterocycles. The first kappa shape index (κ1) is 21.3. The summed E-state index contributed by atoms with van der Waals surface area (Å²) in [4.78, 5) is 16.9. The highest BCUT2D eigenvalue weighted by Crippen LogP contribution is 2.29. The molecule has 27 heavy (non-hydrogen) atoms.